The summed E-state index contributed by atoms with van der Waals surface area (Å²) >= 11 is 0. The molecule has 0 unspecified atom stereocenters. The zero-order valence-corrected chi connectivity index (χ0v) is 21.0. The van der Waals surface area contributed by atoms with E-state index in [1.54, 1.807) is 6.08 Å². The average Bonchev–Trinajstić information content (AvgIpc) is 2.79. The first-order valence-electron chi connectivity index (χ1n) is 11.5. The van der Waals surface area contributed by atoms with Crippen molar-refractivity contribution in [3.8, 4) is 11.1 Å². The van der Waals surface area contributed by atoms with Crippen molar-refractivity contribution in [3.63, 3.8) is 0 Å². The Morgan fingerprint density at radius 2 is 1.57 bits per heavy atom. The minimum absolute atomic E-state index is 0.156. The molecule has 35 heavy (non-hydrogen) atoms. The van der Waals surface area contributed by atoms with E-state index < -0.39 is 11.6 Å². The molecule has 3 aromatic rings. The van der Waals surface area contributed by atoms with Gasteiger partial charge in [0, 0.05) is 25.9 Å². The standard InChI is InChI=1S/C29H33N3O3/c1-29(2,3)35-28(34)17-10-20-6-8-21(9-7-20)18-27(33)31-26-16-13-23(19-25(26)30)22-11-14-24(15-12-22)32(4)5/h6-17,19H,18,30H2,1-5H3,(H,31,33). The zero-order valence-electron chi connectivity index (χ0n) is 21.0. The van der Waals surface area contributed by atoms with Crippen LogP contribution >= 0.6 is 0 Å². The van der Waals surface area contributed by atoms with Gasteiger partial charge in [0.25, 0.3) is 0 Å². The predicted octanol–water partition coefficient (Wildman–Crippen LogP) is 5.54. The highest BCUT2D eigenvalue weighted by atomic mass is 16.6. The number of benzene rings is 3. The van der Waals surface area contributed by atoms with Gasteiger partial charge in [-0.05, 0) is 73.4 Å². The highest BCUT2D eigenvalue weighted by molar-refractivity contribution is 5.96. The molecule has 3 rings (SSSR count). The van der Waals surface area contributed by atoms with E-state index in [0.29, 0.717) is 11.4 Å². The molecule has 0 saturated heterocycles. The summed E-state index contributed by atoms with van der Waals surface area (Å²) in [5.74, 6) is -0.549. The van der Waals surface area contributed by atoms with E-state index in [9.17, 15) is 9.59 Å². The maximum absolute atomic E-state index is 12.6. The minimum Gasteiger partial charge on any atom is -0.457 e. The summed E-state index contributed by atoms with van der Waals surface area (Å²) in [6, 6.07) is 21.3. The third kappa shape index (κ3) is 7.74. The van der Waals surface area contributed by atoms with Crippen molar-refractivity contribution in [2.75, 3.05) is 30.0 Å². The molecular weight excluding hydrogens is 438 g/mol. The Bertz CT molecular complexity index is 1210. The van der Waals surface area contributed by atoms with E-state index in [1.165, 1.54) is 6.08 Å². The number of nitrogens with zero attached hydrogens (tertiary/aromatic N) is 1. The average molecular weight is 472 g/mol. The summed E-state index contributed by atoms with van der Waals surface area (Å²) in [7, 11) is 4.01. The Morgan fingerprint density at radius 3 is 2.14 bits per heavy atom. The molecule has 0 aliphatic rings. The van der Waals surface area contributed by atoms with Crippen LogP contribution in [0.4, 0.5) is 17.1 Å². The van der Waals surface area contributed by atoms with E-state index in [0.717, 1.165) is 27.9 Å². The van der Waals surface area contributed by atoms with Crippen molar-refractivity contribution < 1.29 is 14.3 Å². The van der Waals surface area contributed by atoms with Gasteiger partial charge in [-0.25, -0.2) is 4.79 Å². The van der Waals surface area contributed by atoms with Crippen LogP contribution in [0, 0.1) is 0 Å². The molecule has 182 valence electrons. The topological polar surface area (TPSA) is 84.7 Å². The van der Waals surface area contributed by atoms with Gasteiger partial charge in [-0.15, -0.1) is 0 Å². The van der Waals surface area contributed by atoms with Gasteiger partial charge in [0.1, 0.15) is 5.60 Å². The number of ether oxygens (including phenoxy) is 1. The molecule has 1 amide bonds. The number of esters is 1. The van der Waals surface area contributed by atoms with E-state index >= 15 is 0 Å². The molecule has 0 aliphatic heterocycles. The van der Waals surface area contributed by atoms with Crippen LogP contribution in [-0.4, -0.2) is 31.6 Å². The number of nitrogens with one attached hydrogen (secondary N) is 1. The summed E-state index contributed by atoms with van der Waals surface area (Å²) in [6.07, 6.45) is 3.30. The van der Waals surface area contributed by atoms with E-state index in [1.807, 2.05) is 82.2 Å². The molecule has 0 spiro atoms. The molecule has 3 N–H and O–H groups in total. The van der Waals surface area contributed by atoms with Crippen molar-refractivity contribution in [1.29, 1.82) is 0 Å². The van der Waals surface area contributed by atoms with Gasteiger partial charge in [-0.2, -0.15) is 0 Å². The summed E-state index contributed by atoms with van der Waals surface area (Å²) < 4.78 is 5.26. The molecular formula is C29H33N3O3. The monoisotopic (exact) mass is 471 g/mol. The Hall–Kier alpha value is -4.06. The number of hydrogen-bond donors (Lipinski definition) is 2. The molecule has 0 aromatic heterocycles. The van der Waals surface area contributed by atoms with E-state index in [2.05, 4.69) is 29.6 Å². The predicted molar refractivity (Wildman–Crippen MR) is 144 cm³/mol. The van der Waals surface area contributed by atoms with Crippen LogP contribution in [0.25, 0.3) is 17.2 Å². The first-order valence-corrected chi connectivity index (χ1v) is 11.5. The Kier molecular flexibility index (Phi) is 7.97. The second kappa shape index (κ2) is 10.9. The number of carbonyl (C=O) groups is 2. The van der Waals surface area contributed by atoms with E-state index in [4.69, 9.17) is 10.5 Å². The van der Waals surface area contributed by atoms with Crippen molar-refractivity contribution in [3.05, 3.63) is 83.9 Å². The number of hydrogen-bond acceptors (Lipinski definition) is 5. The number of nitrogens with two attached hydrogens (primary N) is 1. The fourth-order valence-corrected chi connectivity index (χ4v) is 3.43. The van der Waals surface area contributed by atoms with Crippen molar-refractivity contribution in [2.24, 2.45) is 0 Å². The lowest BCUT2D eigenvalue weighted by Crippen LogP contribution is -2.22. The van der Waals surface area contributed by atoms with Crippen LogP contribution in [0.3, 0.4) is 0 Å². The van der Waals surface area contributed by atoms with Crippen LogP contribution in [-0.2, 0) is 20.7 Å². The first kappa shape index (κ1) is 25.6. The summed E-state index contributed by atoms with van der Waals surface area (Å²) in [6.45, 7) is 5.47. The van der Waals surface area contributed by atoms with Crippen LogP contribution < -0.4 is 16.0 Å². The van der Waals surface area contributed by atoms with E-state index in [-0.39, 0.29) is 12.3 Å². The third-order valence-corrected chi connectivity index (χ3v) is 5.21. The molecule has 3 aromatic carbocycles. The van der Waals surface area contributed by atoms with Crippen LogP contribution in [0.5, 0.6) is 0 Å². The van der Waals surface area contributed by atoms with Crippen LogP contribution in [0.15, 0.2) is 72.8 Å². The highest BCUT2D eigenvalue weighted by Gasteiger charge is 2.14. The molecule has 6 nitrogen and oxygen atoms in total. The van der Waals surface area contributed by atoms with Gasteiger partial charge in [0.2, 0.25) is 5.91 Å². The Labute approximate surface area is 207 Å². The maximum atomic E-state index is 12.6. The normalized spacial score (nSPS) is 11.3. The van der Waals surface area contributed by atoms with Gasteiger partial charge in [-0.3, -0.25) is 4.79 Å². The number of carbonyl (C=O) groups excluding carboxylic acids is 2. The second-order valence-electron chi connectivity index (χ2n) is 9.58. The van der Waals surface area contributed by atoms with Crippen LogP contribution in [0.1, 0.15) is 31.9 Å². The summed E-state index contributed by atoms with van der Waals surface area (Å²) in [4.78, 5) is 26.4. The lowest BCUT2D eigenvalue weighted by Gasteiger charge is -2.17. The summed E-state index contributed by atoms with van der Waals surface area (Å²) in [5, 5.41) is 2.89. The Morgan fingerprint density at radius 1 is 0.943 bits per heavy atom. The molecule has 0 bridgehead atoms. The molecule has 0 aliphatic carbocycles. The molecule has 0 atom stereocenters. The number of rotatable bonds is 7. The van der Waals surface area contributed by atoms with Crippen molar-refractivity contribution in [1.82, 2.24) is 0 Å². The number of amides is 1. The fraction of sp³-hybridized carbons (Fsp3) is 0.241. The van der Waals surface area contributed by atoms with Gasteiger partial charge >= 0.3 is 5.97 Å². The molecule has 0 heterocycles. The molecule has 0 saturated carbocycles. The van der Waals surface area contributed by atoms with Crippen molar-refractivity contribution in [2.45, 2.75) is 32.8 Å². The summed E-state index contributed by atoms with van der Waals surface area (Å²) in [5.41, 5.74) is 11.7. The molecule has 0 fully saturated rings. The number of anilines is 3. The minimum atomic E-state index is -0.528. The first-order chi connectivity index (χ1) is 16.5. The van der Waals surface area contributed by atoms with Gasteiger partial charge in [0.05, 0.1) is 17.8 Å². The second-order valence-corrected chi connectivity index (χ2v) is 9.58. The lowest BCUT2D eigenvalue weighted by molar-refractivity contribution is -0.148. The van der Waals surface area contributed by atoms with Gasteiger partial charge in [-0.1, -0.05) is 42.5 Å². The maximum Gasteiger partial charge on any atom is 0.331 e. The smallest absolute Gasteiger partial charge is 0.331 e. The van der Waals surface area contributed by atoms with Crippen molar-refractivity contribution >= 4 is 35.0 Å². The van der Waals surface area contributed by atoms with Gasteiger partial charge < -0.3 is 20.7 Å². The lowest BCUT2D eigenvalue weighted by atomic mass is 10.0. The number of nitrogen functional groups attached to an aromatic ring is 1. The molecule has 6 heteroatoms. The third-order valence-electron chi connectivity index (χ3n) is 5.21. The molecule has 0 radical (unpaired) electrons. The fourth-order valence-electron chi connectivity index (χ4n) is 3.43. The highest BCUT2D eigenvalue weighted by Crippen LogP contribution is 2.28. The van der Waals surface area contributed by atoms with Crippen LogP contribution in [0.2, 0.25) is 0 Å². The largest absolute Gasteiger partial charge is 0.457 e. The Balaban J connectivity index is 1.58. The SMILES string of the molecule is CN(C)c1ccc(-c2ccc(NC(=O)Cc3ccc(C=CC(=O)OC(C)(C)C)cc3)c(N)c2)cc1. The quantitative estimate of drug-likeness (QED) is 0.269. The van der Waals surface area contributed by atoms with Gasteiger partial charge in [0.15, 0.2) is 0 Å². The zero-order chi connectivity index (χ0) is 25.6.